The van der Waals surface area contributed by atoms with Crippen LogP contribution in [0.3, 0.4) is 0 Å². The van der Waals surface area contributed by atoms with Gasteiger partial charge in [-0.25, -0.2) is 0 Å². The first-order valence-electron chi connectivity index (χ1n) is 27.3. The molecule has 0 spiro atoms. The van der Waals surface area contributed by atoms with Crippen molar-refractivity contribution in [3.05, 3.63) is 338 Å². The van der Waals surface area contributed by atoms with Gasteiger partial charge in [-0.1, -0.05) is 249 Å². The summed E-state index contributed by atoms with van der Waals surface area (Å²) < 4.78 is 2.42. The topological polar surface area (TPSA) is 8.17 Å². The lowest BCUT2D eigenvalue weighted by Crippen LogP contribution is -2.28. The lowest BCUT2D eigenvalue weighted by atomic mass is 9.67. The Bertz CT molecular complexity index is 4480. The molecule has 15 rings (SSSR count). The highest BCUT2D eigenvalue weighted by Crippen LogP contribution is 2.57. The quantitative estimate of drug-likeness (QED) is 0.133. The molecule has 0 bridgehead atoms. The van der Waals surface area contributed by atoms with Crippen molar-refractivity contribution in [3.63, 3.8) is 0 Å². The summed E-state index contributed by atoms with van der Waals surface area (Å²) in [6.07, 6.45) is 0. The first-order chi connectivity index (χ1) is 39.2. The van der Waals surface area contributed by atoms with E-state index in [0.29, 0.717) is 0 Å². The maximum Gasteiger partial charge on any atom is 0.0714 e. The zero-order chi connectivity index (χ0) is 52.3. The molecule has 0 fully saturated rings. The average Bonchev–Trinajstić information content (AvgIpc) is 3.69. The molecule has 1 aliphatic rings. The van der Waals surface area contributed by atoms with E-state index in [9.17, 15) is 0 Å². The van der Waals surface area contributed by atoms with E-state index in [4.69, 9.17) is 0 Å². The Morgan fingerprint density at radius 2 is 0.709 bits per heavy atom. The number of nitrogens with zero attached hydrogens (tertiary/aromatic N) is 2. The van der Waals surface area contributed by atoms with Crippen molar-refractivity contribution < 1.29 is 0 Å². The van der Waals surface area contributed by atoms with Crippen LogP contribution in [0.1, 0.15) is 22.3 Å². The van der Waals surface area contributed by atoms with Crippen molar-refractivity contribution in [1.29, 1.82) is 0 Å². The molecule has 2 nitrogen and oxygen atoms in total. The van der Waals surface area contributed by atoms with E-state index in [0.717, 1.165) is 33.9 Å². The number of hydrogen-bond acceptors (Lipinski definition) is 1. The standard InChI is InChI=1S/C77H52N2/c1-3-22-62(23-4-1)77(63-24-5-2-6-25-63)72-30-13-9-27-68(72)69-49-48-66(52-73(69)77)78(65-46-42-57(43-47-65)67-26-10-14-31-74(67)79-75-32-15-11-28-70(75)71-29-12-16-33-76(71)79)64-44-40-55(41-45-64)54-34-36-56(37-35-54)59-20-17-21-60(50-59)61-39-38-53-18-7-8-19-58(53)51-61/h1-52H. The molecule has 13 aromatic carbocycles. The Kier molecular flexibility index (Phi) is 11.1. The van der Waals surface area contributed by atoms with Crippen LogP contribution < -0.4 is 4.90 Å². The van der Waals surface area contributed by atoms with Crippen molar-refractivity contribution in [2.24, 2.45) is 0 Å². The van der Waals surface area contributed by atoms with Crippen molar-refractivity contribution in [2.45, 2.75) is 5.41 Å². The van der Waals surface area contributed by atoms with E-state index in [-0.39, 0.29) is 0 Å². The smallest absolute Gasteiger partial charge is 0.0714 e. The molecular weight excluding hydrogens is 953 g/mol. The van der Waals surface area contributed by atoms with Crippen LogP contribution in [0.2, 0.25) is 0 Å². The van der Waals surface area contributed by atoms with Crippen molar-refractivity contribution in [2.75, 3.05) is 4.90 Å². The van der Waals surface area contributed by atoms with E-state index in [1.165, 1.54) is 99.3 Å². The van der Waals surface area contributed by atoms with Gasteiger partial charge in [0.2, 0.25) is 0 Å². The Morgan fingerprint density at radius 3 is 1.37 bits per heavy atom. The van der Waals surface area contributed by atoms with Gasteiger partial charge in [0, 0.05) is 33.4 Å². The molecule has 0 saturated carbocycles. The lowest BCUT2D eigenvalue weighted by molar-refractivity contribution is 0.768. The molecule has 0 atom stereocenters. The van der Waals surface area contributed by atoms with E-state index < -0.39 is 5.41 Å². The summed E-state index contributed by atoms with van der Waals surface area (Å²) in [5.41, 5.74) is 23.3. The molecule has 1 aromatic heterocycles. The molecule has 1 heterocycles. The predicted octanol–water partition coefficient (Wildman–Crippen LogP) is 20.4. The van der Waals surface area contributed by atoms with E-state index >= 15 is 0 Å². The zero-order valence-electron chi connectivity index (χ0n) is 43.4. The largest absolute Gasteiger partial charge is 0.310 e. The normalized spacial score (nSPS) is 12.4. The minimum atomic E-state index is -0.537. The number of fused-ring (bicyclic) bond motifs is 7. The number of aromatic nitrogens is 1. The molecule has 0 saturated heterocycles. The minimum absolute atomic E-state index is 0.537. The first-order valence-corrected chi connectivity index (χ1v) is 27.3. The molecule has 79 heavy (non-hydrogen) atoms. The van der Waals surface area contributed by atoms with Crippen LogP contribution in [0.4, 0.5) is 17.1 Å². The van der Waals surface area contributed by atoms with Crippen LogP contribution in [-0.2, 0) is 5.41 Å². The Balaban J connectivity index is 0.835. The second-order valence-electron chi connectivity index (χ2n) is 20.8. The molecule has 1 aliphatic carbocycles. The fourth-order valence-corrected chi connectivity index (χ4v) is 12.8. The second kappa shape index (κ2) is 19.1. The second-order valence-corrected chi connectivity index (χ2v) is 20.8. The van der Waals surface area contributed by atoms with Gasteiger partial charge < -0.3 is 9.47 Å². The summed E-state index contributed by atoms with van der Waals surface area (Å²) in [5, 5.41) is 5.01. The van der Waals surface area contributed by atoms with Gasteiger partial charge in [0.1, 0.15) is 0 Å². The van der Waals surface area contributed by atoms with Gasteiger partial charge in [0.25, 0.3) is 0 Å². The predicted molar refractivity (Wildman–Crippen MR) is 332 cm³/mol. The monoisotopic (exact) mass is 1000 g/mol. The Morgan fingerprint density at radius 1 is 0.253 bits per heavy atom. The number of benzene rings is 13. The van der Waals surface area contributed by atoms with Gasteiger partial charge in [-0.05, 0) is 150 Å². The molecule has 0 amide bonds. The van der Waals surface area contributed by atoms with E-state index in [1.54, 1.807) is 0 Å². The summed E-state index contributed by atoms with van der Waals surface area (Å²) in [6, 6.07) is 116. The summed E-state index contributed by atoms with van der Waals surface area (Å²) in [5.74, 6) is 0. The summed E-state index contributed by atoms with van der Waals surface area (Å²) >= 11 is 0. The highest BCUT2D eigenvalue weighted by Gasteiger charge is 2.46. The maximum atomic E-state index is 2.46. The molecule has 0 unspecified atom stereocenters. The SMILES string of the molecule is c1ccc(C2(c3ccccc3)c3ccccc3-c3ccc(N(c4ccc(-c5ccc(-c6cccc(-c7ccc8ccccc8c7)c6)cc5)cc4)c4ccc(-c5ccccc5-n5c6ccccc6c6ccccc65)cc4)cc32)cc1. The summed E-state index contributed by atoms with van der Waals surface area (Å²) in [4.78, 5) is 2.43. The molecular formula is C77H52N2. The van der Waals surface area contributed by atoms with Crippen molar-refractivity contribution >= 4 is 49.6 Å². The third-order valence-corrected chi connectivity index (χ3v) is 16.5. The first kappa shape index (κ1) is 46.1. The lowest BCUT2D eigenvalue weighted by Gasteiger charge is -2.35. The molecule has 370 valence electrons. The number of para-hydroxylation sites is 3. The number of hydrogen-bond donors (Lipinski definition) is 0. The van der Waals surface area contributed by atoms with Gasteiger partial charge in [-0.15, -0.1) is 0 Å². The van der Waals surface area contributed by atoms with Crippen LogP contribution >= 0.6 is 0 Å². The molecule has 2 heteroatoms. The third kappa shape index (κ3) is 7.71. The molecule has 14 aromatic rings. The van der Waals surface area contributed by atoms with Crippen LogP contribution in [0.5, 0.6) is 0 Å². The number of rotatable bonds is 10. The van der Waals surface area contributed by atoms with E-state index in [2.05, 4.69) is 325 Å². The Labute approximate surface area is 461 Å². The van der Waals surface area contributed by atoms with Crippen LogP contribution in [-0.4, -0.2) is 4.57 Å². The van der Waals surface area contributed by atoms with Crippen molar-refractivity contribution in [1.82, 2.24) is 4.57 Å². The minimum Gasteiger partial charge on any atom is -0.310 e. The Hall–Kier alpha value is -10.3. The van der Waals surface area contributed by atoms with Gasteiger partial charge in [-0.3, -0.25) is 0 Å². The van der Waals surface area contributed by atoms with Crippen LogP contribution in [0, 0.1) is 0 Å². The van der Waals surface area contributed by atoms with Crippen LogP contribution in [0.15, 0.2) is 315 Å². The zero-order valence-corrected chi connectivity index (χ0v) is 43.4. The van der Waals surface area contributed by atoms with Gasteiger partial charge in [0.05, 0.1) is 22.1 Å². The molecule has 0 aliphatic heterocycles. The average molecular weight is 1010 g/mol. The fraction of sp³-hybridized carbons (Fsp3) is 0.0130. The fourth-order valence-electron chi connectivity index (χ4n) is 12.8. The number of anilines is 3. The van der Waals surface area contributed by atoms with Crippen molar-refractivity contribution in [3.8, 4) is 61.3 Å². The van der Waals surface area contributed by atoms with Crippen LogP contribution in [0.25, 0.3) is 93.9 Å². The van der Waals surface area contributed by atoms with E-state index in [1.807, 2.05) is 0 Å². The summed E-state index contributed by atoms with van der Waals surface area (Å²) in [7, 11) is 0. The van der Waals surface area contributed by atoms with Gasteiger partial charge >= 0.3 is 0 Å². The highest BCUT2D eigenvalue weighted by atomic mass is 15.1. The maximum absolute atomic E-state index is 2.46. The molecule has 0 radical (unpaired) electrons. The molecule has 0 N–H and O–H groups in total. The highest BCUT2D eigenvalue weighted by molar-refractivity contribution is 6.10. The summed E-state index contributed by atoms with van der Waals surface area (Å²) in [6.45, 7) is 0. The third-order valence-electron chi connectivity index (χ3n) is 16.5. The van der Waals surface area contributed by atoms with Gasteiger partial charge in [0.15, 0.2) is 0 Å². The van der Waals surface area contributed by atoms with Gasteiger partial charge in [-0.2, -0.15) is 0 Å².